The summed E-state index contributed by atoms with van der Waals surface area (Å²) < 4.78 is 0.635. The molecule has 0 aliphatic heterocycles. The Labute approximate surface area is 96.6 Å². The molecular weight excluding hydrogens is 260 g/mol. The number of nitrogens with zero attached hydrogens (tertiary/aromatic N) is 2. The summed E-state index contributed by atoms with van der Waals surface area (Å²) in [6.07, 6.45) is 3.42. The molecule has 1 rings (SSSR count). The fourth-order valence-electron chi connectivity index (χ4n) is 0.971. The minimum atomic E-state index is -0.0930. The van der Waals surface area contributed by atoms with Gasteiger partial charge in [0, 0.05) is 6.42 Å². The highest BCUT2D eigenvalue weighted by Crippen LogP contribution is 2.07. The first-order chi connectivity index (χ1) is 7.11. The number of anilines is 1. The number of nitrogens with two attached hydrogens (primary N) is 1. The normalized spacial score (nSPS) is 12.2. The summed E-state index contributed by atoms with van der Waals surface area (Å²) in [6, 6.07) is 0. The summed E-state index contributed by atoms with van der Waals surface area (Å²) in [5, 5.41) is 2.65. The molecular formula is C9H13BrN4O. The number of amides is 1. The van der Waals surface area contributed by atoms with Gasteiger partial charge in [-0.15, -0.1) is 0 Å². The van der Waals surface area contributed by atoms with E-state index in [1.807, 2.05) is 6.92 Å². The van der Waals surface area contributed by atoms with Gasteiger partial charge in [0.1, 0.15) is 4.60 Å². The molecule has 5 nitrogen and oxygen atoms in total. The zero-order valence-electron chi connectivity index (χ0n) is 8.40. The Hall–Kier alpha value is -1.01. The zero-order valence-corrected chi connectivity index (χ0v) is 9.99. The third-order valence-electron chi connectivity index (χ3n) is 1.82. The molecule has 0 radical (unpaired) electrons. The highest BCUT2D eigenvalue weighted by Gasteiger charge is 2.08. The second-order valence-electron chi connectivity index (χ2n) is 3.32. The number of aromatic nitrogens is 2. The number of rotatable bonds is 4. The topological polar surface area (TPSA) is 80.9 Å². The van der Waals surface area contributed by atoms with Gasteiger partial charge in [-0.05, 0) is 28.4 Å². The Balaban J connectivity index is 2.48. The van der Waals surface area contributed by atoms with Gasteiger partial charge in [0.2, 0.25) is 5.91 Å². The number of carbonyl (C=O) groups excluding carboxylic acids is 1. The zero-order chi connectivity index (χ0) is 11.3. The van der Waals surface area contributed by atoms with E-state index in [1.54, 1.807) is 0 Å². The van der Waals surface area contributed by atoms with Crippen LogP contribution in [0.2, 0.25) is 0 Å². The van der Waals surface area contributed by atoms with Crippen LogP contribution in [0.1, 0.15) is 13.3 Å². The lowest BCUT2D eigenvalue weighted by Gasteiger charge is -2.07. The molecule has 6 heteroatoms. The van der Waals surface area contributed by atoms with Gasteiger partial charge in [-0.3, -0.25) is 4.79 Å². The molecule has 82 valence electrons. The maximum Gasteiger partial charge on any atom is 0.225 e. The quantitative estimate of drug-likeness (QED) is 0.862. The van der Waals surface area contributed by atoms with Crippen LogP contribution in [-0.4, -0.2) is 22.4 Å². The summed E-state index contributed by atoms with van der Waals surface area (Å²) in [7, 11) is 0. The largest absolute Gasteiger partial charge is 0.330 e. The van der Waals surface area contributed by atoms with Crippen LogP contribution in [0.5, 0.6) is 0 Å². The molecule has 1 aromatic rings. The number of halogens is 1. The molecule has 1 amide bonds. The molecule has 1 atom stereocenters. The van der Waals surface area contributed by atoms with Crippen molar-refractivity contribution >= 4 is 27.7 Å². The van der Waals surface area contributed by atoms with E-state index in [0.29, 0.717) is 23.4 Å². The van der Waals surface area contributed by atoms with Gasteiger partial charge in [0.15, 0.2) is 5.82 Å². The highest BCUT2D eigenvalue weighted by atomic mass is 79.9. The lowest BCUT2D eigenvalue weighted by Crippen LogP contribution is -2.20. The summed E-state index contributed by atoms with van der Waals surface area (Å²) in [4.78, 5) is 19.3. The Bertz CT molecular complexity index is 327. The van der Waals surface area contributed by atoms with Crippen LogP contribution in [0.25, 0.3) is 0 Å². The number of carbonyl (C=O) groups is 1. The van der Waals surface area contributed by atoms with E-state index in [9.17, 15) is 4.79 Å². The average Bonchev–Trinajstić information content (AvgIpc) is 2.21. The van der Waals surface area contributed by atoms with Crippen LogP contribution in [-0.2, 0) is 4.79 Å². The van der Waals surface area contributed by atoms with Gasteiger partial charge in [0.05, 0.1) is 12.4 Å². The van der Waals surface area contributed by atoms with E-state index >= 15 is 0 Å². The van der Waals surface area contributed by atoms with Crippen LogP contribution in [0.4, 0.5) is 5.82 Å². The van der Waals surface area contributed by atoms with Gasteiger partial charge >= 0.3 is 0 Å². The van der Waals surface area contributed by atoms with E-state index in [1.165, 1.54) is 12.4 Å². The first-order valence-corrected chi connectivity index (χ1v) is 5.38. The average molecular weight is 273 g/mol. The van der Waals surface area contributed by atoms with Crippen molar-refractivity contribution in [3.8, 4) is 0 Å². The molecule has 1 heterocycles. The molecule has 0 aliphatic carbocycles. The van der Waals surface area contributed by atoms with Crippen LogP contribution >= 0.6 is 15.9 Å². The Kier molecular flexibility index (Phi) is 4.64. The van der Waals surface area contributed by atoms with Crippen LogP contribution in [0.3, 0.4) is 0 Å². The van der Waals surface area contributed by atoms with Gasteiger partial charge in [-0.2, -0.15) is 0 Å². The maximum atomic E-state index is 11.4. The molecule has 3 N–H and O–H groups in total. The van der Waals surface area contributed by atoms with E-state index < -0.39 is 0 Å². The van der Waals surface area contributed by atoms with Crippen molar-refractivity contribution in [2.24, 2.45) is 11.7 Å². The van der Waals surface area contributed by atoms with Crippen molar-refractivity contribution in [3.05, 3.63) is 17.0 Å². The third kappa shape index (κ3) is 4.35. The van der Waals surface area contributed by atoms with E-state index in [-0.39, 0.29) is 11.8 Å². The van der Waals surface area contributed by atoms with Crippen LogP contribution < -0.4 is 11.1 Å². The minimum Gasteiger partial charge on any atom is -0.330 e. The maximum absolute atomic E-state index is 11.4. The van der Waals surface area contributed by atoms with Crippen molar-refractivity contribution in [3.63, 3.8) is 0 Å². The fraction of sp³-hybridized carbons (Fsp3) is 0.444. The van der Waals surface area contributed by atoms with Gasteiger partial charge in [-0.25, -0.2) is 9.97 Å². The van der Waals surface area contributed by atoms with Crippen molar-refractivity contribution < 1.29 is 4.79 Å². The molecule has 0 fully saturated rings. The second-order valence-corrected chi connectivity index (χ2v) is 4.13. The monoisotopic (exact) mass is 272 g/mol. The van der Waals surface area contributed by atoms with Gasteiger partial charge in [0.25, 0.3) is 0 Å². The third-order valence-corrected chi connectivity index (χ3v) is 2.23. The van der Waals surface area contributed by atoms with Gasteiger partial charge < -0.3 is 11.1 Å². The predicted octanol–water partition coefficient (Wildman–Crippen LogP) is 1.16. The van der Waals surface area contributed by atoms with E-state index in [2.05, 4.69) is 31.2 Å². The second kappa shape index (κ2) is 5.77. The smallest absolute Gasteiger partial charge is 0.225 e. The Morgan fingerprint density at radius 3 is 2.87 bits per heavy atom. The molecule has 0 saturated carbocycles. The summed E-state index contributed by atoms with van der Waals surface area (Å²) in [5.41, 5.74) is 5.42. The first kappa shape index (κ1) is 12.1. The summed E-state index contributed by atoms with van der Waals surface area (Å²) >= 11 is 3.16. The SMILES string of the molecule is CC(CN)CC(=O)Nc1cnc(Br)cn1. The summed E-state index contributed by atoms with van der Waals surface area (Å²) in [5.74, 6) is 0.533. The lowest BCUT2D eigenvalue weighted by atomic mass is 10.1. The predicted molar refractivity (Wildman–Crippen MR) is 61.2 cm³/mol. The molecule has 15 heavy (non-hydrogen) atoms. The lowest BCUT2D eigenvalue weighted by molar-refractivity contribution is -0.116. The highest BCUT2D eigenvalue weighted by molar-refractivity contribution is 9.10. The molecule has 0 aromatic carbocycles. The molecule has 0 spiro atoms. The standard InChI is InChI=1S/C9H13BrN4O/c1-6(3-11)2-9(15)14-8-5-12-7(10)4-13-8/h4-6H,2-3,11H2,1H3,(H,13,14,15). The van der Waals surface area contributed by atoms with Crippen molar-refractivity contribution in [2.75, 3.05) is 11.9 Å². The molecule has 0 bridgehead atoms. The van der Waals surface area contributed by atoms with Crippen molar-refractivity contribution in [1.29, 1.82) is 0 Å². The Morgan fingerprint density at radius 1 is 1.60 bits per heavy atom. The minimum absolute atomic E-state index is 0.0930. The van der Waals surface area contributed by atoms with E-state index in [0.717, 1.165) is 0 Å². The molecule has 0 saturated heterocycles. The Morgan fingerprint density at radius 2 is 2.33 bits per heavy atom. The van der Waals surface area contributed by atoms with Crippen LogP contribution in [0.15, 0.2) is 17.0 Å². The van der Waals surface area contributed by atoms with E-state index in [4.69, 9.17) is 5.73 Å². The molecule has 1 unspecified atom stereocenters. The number of hydrogen-bond acceptors (Lipinski definition) is 4. The van der Waals surface area contributed by atoms with Crippen LogP contribution in [0, 0.1) is 5.92 Å². The van der Waals surface area contributed by atoms with Crippen molar-refractivity contribution in [2.45, 2.75) is 13.3 Å². The fourth-order valence-corrected chi connectivity index (χ4v) is 1.18. The summed E-state index contributed by atoms with van der Waals surface area (Å²) in [6.45, 7) is 2.42. The molecule has 1 aromatic heterocycles. The first-order valence-electron chi connectivity index (χ1n) is 4.59. The molecule has 0 aliphatic rings. The number of hydrogen-bond donors (Lipinski definition) is 2. The van der Waals surface area contributed by atoms with Crippen molar-refractivity contribution in [1.82, 2.24) is 9.97 Å². The van der Waals surface area contributed by atoms with Gasteiger partial charge in [-0.1, -0.05) is 6.92 Å². The number of nitrogens with one attached hydrogen (secondary N) is 1.